The van der Waals surface area contributed by atoms with Gasteiger partial charge in [-0.1, -0.05) is 6.07 Å². The van der Waals surface area contributed by atoms with Gasteiger partial charge in [-0.3, -0.25) is 0 Å². The average molecular weight is 326 g/mol. The zero-order chi connectivity index (χ0) is 11.7. The van der Waals surface area contributed by atoms with E-state index in [1.54, 1.807) is 0 Å². The number of anilines is 1. The van der Waals surface area contributed by atoms with Crippen molar-refractivity contribution in [2.45, 2.75) is 13.8 Å². The molecular formula is C11H11IN4. The van der Waals surface area contributed by atoms with Crippen LogP contribution in [0.25, 0.3) is 11.5 Å². The monoisotopic (exact) mass is 326 g/mol. The lowest BCUT2D eigenvalue weighted by Crippen LogP contribution is -2.03. The molecule has 5 heteroatoms. The van der Waals surface area contributed by atoms with Crippen molar-refractivity contribution >= 4 is 28.4 Å². The second-order valence-electron chi connectivity index (χ2n) is 3.50. The molecule has 0 aliphatic heterocycles. The molecule has 0 aliphatic rings. The minimum Gasteiger partial charge on any atom is -0.383 e. The van der Waals surface area contributed by atoms with Crippen LogP contribution in [0.5, 0.6) is 0 Å². The van der Waals surface area contributed by atoms with Crippen LogP contribution in [0.4, 0.5) is 5.82 Å². The van der Waals surface area contributed by atoms with Crippen molar-refractivity contribution in [3.05, 3.63) is 33.2 Å². The number of hydrogen-bond acceptors (Lipinski definition) is 4. The molecule has 0 atom stereocenters. The SMILES string of the molecule is Cc1cccc(-c2nc(C)c(I)c(N)n2)n1. The van der Waals surface area contributed by atoms with Crippen LogP contribution in [0.2, 0.25) is 0 Å². The molecule has 2 aromatic heterocycles. The summed E-state index contributed by atoms with van der Waals surface area (Å²) in [7, 11) is 0. The normalized spacial score (nSPS) is 10.4. The number of rotatable bonds is 1. The number of nitrogens with two attached hydrogens (primary N) is 1. The number of aryl methyl sites for hydroxylation is 2. The first-order chi connectivity index (χ1) is 7.58. The molecule has 0 unspecified atom stereocenters. The summed E-state index contributed by atoms with van der Waals surface area (Å²) in [5.74, 6) is 1.09. The van der Waals surface area contributed by atoms with Gasteiger partial charge in [-0.2, -0.15) is 0 Å². The van der Waals surface area contributed by atoms with Crippen LogP contribution < -0.4 is 5.73 Å². The van der Waals surface area contributed by atoms with E-state index in [2.05, 4.69) is 37.5 Å². The quantitative estimate of drug-likeness (QED) is 0.817. The van der Waals surface area contributed by atoms with Crippen molar-refractivity contribution in [3.8, 4) is 11.5 Å². The van der Waals surface area contributed by atoms with Gasteiger partial charge >= 0.3 is 0 Å². The van der Waals surface area contributed by atoms with Crippen LogP contribution >= 0.6 is 22.6 Å². The maximum atomic E-state index is 5.81. The van der Waals surface area contributed by atoms with E-state index in [1.807, 2.05) is 32.0 Å². The smallest absolute Gasteiger partial charge is 0.180 e. The fraction of sp³-hybridized carbons (Fsp3) is 0.182. The molecule has 2 heterocycles. The molecule has 0 fully saturated rings. The standard InChI is InChI=1S/C11H11IN4/c1-6-4-3-5-8(14-6)11-15-7(2)9(12)10(13)16-11/h3-5H,1-2H3,(H2,13,15,16). The molecule has 16 heavy (non-hydrogen) atoms. The van der Waals surface area contributed by atoms with Gasteiger partial charge in [-0.25, -0.2) is 15.0 Å². The summed E-state index contributed by atoms with van der Waals surface area (Å²) in [5.41, 5.74) is 8.39. The highest BCUT2D eigenvalue weighted by Crippen LogP contribution is 2.20. The molecule has 0 saturated heterocycles. The Hall–Kier alpha value is -1.24. The van der Waals surface area contributed by atoms with E-state index in [4.69, 9.17) is 5.73 Å². The molecule has 4 nitrogen and oxygen atoms in total. The average Bonchev–Trinajstić information content (AvgIpc) is 2.25. The number of nitrogens with zero attached hydrogens (tertiary/aromatic N) is 3. The second kappa shape index (κ2) is 4.32. The number of nitrogen functional groups attached to an aromatic ring is 1. The lowest BCUT2D eigenvalue weighted by molar-refractivity contribution is 1.07. The maximum Gasteiger partial charge on any atom is 0.180 e. The van der Waals surface area contributed by atoms with Crippen molar-refractivity contribution < 1.29 is 0 Å². The largest absolute Gasteiger partial charge is 0.383 e. The first-order valence-electron chi connectivity index (χ1n) is 4.81. The van der Waals surface area contributed by atoms with Crippen LogP contribution in [0.3, 0.4) is 0 Å². The summed E-state index contributed by atoms with van der Waals surface area (Å²) in [6, 6.07) is 5.75. The Balaban J connectivity index is 2.57. The first-order valence-corrected chi connectivity index (χ1v) is 5.89. The molecule has 0 radical (unpaired) electrons. The van der Waals surface area contributed by atoms with Gasteiger partial charge in [0.1, 0.15) is 11.5 Å². The first kappa shape index (κ1) is 11.3. The lowest BCUT2D eigenvalue weighted by Gasteiger charge is -2.05. The molecule has 2 rings (SSSR count). The molecule has 0 bridgehead atoms. The Kier molecular flexibility index (Phi) is 3.04. The summed E-state index contributed by atoms with van der Waals surface area (Å²) in [5, 5.41) is 0. The maximum absolute atomic E-state index is 5.81. The van der Waals surface area contributed by atoms with Crippen LogP contribution in [0.15, 0.2) is 18.2 Å². The van der Waals surface area contributed by atoms with E-state index in [9.17, 15) is 0 Å². The van der Waals surface area contributed by atoms with E-state index in [1.165, 1.54) is 0 Å². The highest BCUT2D eigenvalue weighted by Gasteiger charge is 2.09. The summed E-state index contributed by atoms with van der Waals surface area (Å²) < 4.78 is 0.897. The number of halogens is 1. The van der Waals surface area contributed by atoms with Crippen molar-refractivity contribution in [1.82, 2.24) is 15.0 Å². The molecule has 0 aromatic carbocycles. The number of aromatic nitrogens is 3. The van der Waals surface area contributed by atoms with Gasteiger partial charge in [-0.15, -0.1) is 0 Å². The fourth-order valence-corrected chi connectivity index (χ4v) is 1.60. The fourth-order valence-electron chi connectivity index (χ4n) is 1.36. The molecule has 82 valence electrons. The van der Waals surface area contributed by atoms with Gasteiger partial charge in [0.2, 0.25) is 0 Å². The minimum atomic E-state index is 0.506. The van der Waals surface area contributed by atoms with Gasteiger partial charge in [-0.05, 0) is 48.6 Å². The highest BCUT2D eigenvalue weighted by molar-refractivity contribution is 14.1. The third-order valence-corrected chi connectivity index (χ3v) is 3.49. The predicted octanol–water partition coefficient (Wildman–Crippen LogP) is 2.34. The van der Waals surface area contributed by atoms with Gasteiger partial charge in [0, 0.05) is 5.69 Å². The van der Waals surface area contributed by atoms with Crippen molar-refractivity contribution in [1.29, 1.82) is 0 Å². The lowest BCUT2D eigenvalue weighted by atomic mass is 10.3. The molecule has 2 aromatic rings. The Morgan fingerprint density at radius 1 is 1.12 bits per heavy atom. The molecule has 0 amide bonds. The van der Waals surface area contributed by atoms with Gasteiger partial charge in [0.05, 0.1) is 9.26 Å². The minimum absolute atomic E-state index is 0.506. The Labute approximate surface area is 107 Å². The van der Waals surface area contributed by atoms with Gasteiger partial charge in [0.25, 0.3) is 0 Å². The molecular weight excluding hydrogens is 315 g/mol. The Morgan fingerprint density at radius 2 is 1.88 bits per heavy atom. The Morgan fingerprint density at radius 3 is 2.50 bits per heavy atom. The molecule has 0 saturated carbocycles. The van der Waals surface area contributed by atoms with Crippen molar-refractivity contribution in [3.63, 3.8) is 0 Å². The van der Waals surface area contributed by atoms with E-state index >= 15 is 0 Å². The highest BCUT2D eigenvalue weighted by atomic mass is 127. The van der Waals surface area contributed by atoms with Crippen LogP contribution in [0, 0.1) is 17.4 Å². The summed E-state index contributed by atoms with van der Waals surface area (Å²) in [6.07, 6.45) is 0. The van der Waals surface area contributed by atoms with Gasteiger partial charge in [0.15, 0.2) is 5.82 Å². The van der Waals surface area contributed by atoms with Crippen LogP contribution in [-0.4, -0.2) is 15.0 Å². The molecule has 0 aliphatic carbocycles. The zero-order valence-corrected chi connectivity index (χ0v) is 11.2. The topological polar surface area (TPSA) is 64.7 Å². The van der Waals surface area contributed by atoms with Crippen LogP contribution in [-0.2, 0) is 0 Å². The second-order valence-corrected chi connectivity index (χ2v) is 4.57. The summed E-state index contributed by atoms with van der Waals surface area (Å²) >= 11 is 2.14. The number of hydrogen-bond donors (Lipinski definition) is 1. The number of pyridine rings is 1. The third kappa shape index (κ3) is 2.13. The van der Waals surface area contributed by atoms with E-state index < -0.39 is 0 Å². The van der Waals surface area contributed by atoms with Gasteiger partial charge < -0.3 is 5.73 Å². The van der Waals surface area contributed by atoms with Crippen molar-refractivity contribution in [2.24, 2.45) is 0 Å². The summed E-state index contributed by atoms with van der Waals surface area (Å²) in [6.45, 7) is 3.85. The molecule has 2 N–H and O–H groups in total. The van der Waals surface area contributed by atoms with Crippen LogP contribution in [0.1, 0.15) is 11.4 Å². The third-order valence-electron chi connectivity index (χ3n) is 2.16. The predicted molar refractivity (Wildman–Crippen MR) is 71.9 cm³/mol. The van der Waals surface area contributed by atoms with E-state index in [0.717, 1.165) is 20.7 Å². The zero-order valence-electron chi connectivity index (χ0n) is 9.03. The summed E-state index contributed by atoms with van der Waals surface area (Å²) in [4.78, 5) is 13.0. The van der Waals surface area contributed by atoms with Crippen molar-refractivity contribution in [2.75, 3.05) is 5.73 Å². The molecule has 0 spiro atoms. The Bertz CT molecular complexity index is 516. The van der Waals surface area contributed by atoms with E-state index in [-0.39, 0.29) is 0 Å². The van der Waals surface area contributed by atoms with E-state index in [0.29, 0.717) is 11.6 Å².